The third kappa shape index (κ3) is 5.19. The number of amides is 1. The summed E-state index contributed by atoms with van der Waals surface area (Å²) in [5.41, 5.74) is 0. The zero-order chi connectivity index (χ0) is 13.5. The minimum Gasteiger partial charge on any atom is -0.370 e. The molecule has 0 spiro atoms. The summed E-state index contributed by atoms with van der Waals surface area (Å²) < 4.78 is 5.36. The van der Waals surface area contributed by atoms with Crippen LogP contribution in [-0.2, 0) is 9.53 Å². The lowest BCUT2D eigenvalue weighted by atomic mass is 10.4. The lowest BCUT2D eigenvalue weighted by molar-refractivity contribution is -0.120. The fourth-order valence-corrected chi connectivity index (χ4v) is 2.40. The van der Waals surface area contributed by atoms with Gasteiger partial charge in [0.05, 0.1) is 6.61 Å². The van der Waals surface area contributed by atoms with E-state index < -0.39 is 0 Å². The first kappa shape index (κ1) is 14.3. The van der Waals surface area contributed by atoms with E-state index >= 15 is 0 Å². The minimum atomic E-state index is -0.184. The van der Waals surface area contributed by atoms with E-state index in [1.807, 2.05) is 6.92 Å². The largest absolute Gasteiger partial charge is 0.370 e. The van der Waals surface area contributed by atoms with E-state index in [4.69, 9.17) is 4.74 Å². The molecule has 2 heterocycles. The molecule has 0 atom stereocenters. The molecule has 2 rings (SSSR count). The summed E-state index contributed by atoms with van der Waals surface area (Å²) in [4.78, 5) is 13.9. The minimum absolute atomic E-state index is 0.0602. The summed E-state index contributed by atoms with van der Waals surface area (Å²) in [6.07, 6.45) is 0. The molecule has 1 aliphatic rings. The van der Waals surface area contributed by atoms with E-state index in [9.17, 15) is 4.79 Å². The Hall–Kier alpha value is -1.09. The van der Waals surface area contributed by atoms with Gasteiger partial charge < -0.3 is 10.1 Å². The van der Waals surface area contributed by atoms with Crippen LogP contribution in [0.4, 0.5) is 5.13 Å². The SMILES string of the molecule is Cc1nnc(NC(=O)COCCN2CCNCC2)s1. The maximum absolute atomic E-state index is 11.6. The average molecular weight is 285 g/mol. The summed E-state index contributed by atoms with van der Waals surface area (Å²) in [7, 11) is 0. The van der Waals surface area contributed by atoms with E-state index in [0.29, 0.717) is 11.7 Å². The average Bonchev–Trinajstić information content (AvgIpc) is 2.81. The molecule has 19 heavy (non-hydrogen) atoms. The molecule has 106 valence electrons. The van der Waals surface area contributed by atoms with Crippen LogP contribution < -0.4 is 10.6 Å². The topological polar surface area (TPSA) is 79.4 Å². The molecule has 1 fully saturated rings. The fraction of sp³-hybridized carbons (Fsp3) is 0.727. The van der Waals surface area contributed by atoms with Crippen LogP contribution in [0.3, 0.4) is 0 Å². The van der Waals surface area contributed by atoms with Gasteiger partial charge in [0, 0.05) is 32.7 Å². The Kier molecular flexibility index (Phi) is 5.64. The number of aryl methyl sites for hydroxylation is 1. The highest BCUT2D eigenvalue weighted by Crippen LogP contribution is 2.13. The fourth-order valence-electron chi connectivity index (χ4n) is 1.80. The van der Waals surface area contributed by atoms with Crippen molar-refractivity contribution in [3.8, 4) is 0 Å². The second-order valence-electron chi connectivity index (χ2n) is 4.32. The molecule has 8 heteroatoms. The molecule has 0 unspecified atom stereocenters. The molecule has 1 aromatic rings. The van der Waals surface area contributed by atoms with Crippen LogP contribution in [0, 0.1) is 6.92 Å². The molecular weight excluding hydrogens is 266 g/mol. The number of nitrogens with zero attached hydrogens (tertiary/aromatic N) is 3. The van der Waals surface area contributed by atoms with Crippen LogP contribution in [0.15, 0.2) is 0 Å². The predicted molar refractivity (Wildman–Crippen MR) is 73.4 cm³/mol. The van der Waals surface area contributed by atoms with E-state index in [1.54, 1.807) is 0 Å². The lowest BCUT2D eigenvalue weighted by Gasteiger charge is -2.26. The zero-order valence-electron chi connectivity index (χ0n) is 11.0. The number of anilines is 1. The van der Waals surface area contributed by atoms with Gasteiger partial charge in [0.2, 0.25) is 5.13 Å². The van der Waals surface area contributed by atoms with Crippen LogP contribution in [0.25, 0.3) is 0 Å². The normalized spacial score (nSPS) is 16.5. The van der Waals surface area contributed by atoms with Crippen molar-refractivity contribution in [1.82, 2.24) is 20.4 Å². The van der Waals surface area contributed by atoms with Crippen molar-refractivity contribution >= 4 is 22.4 Å². The van der Waals surface area contributed by atoms with Crippen molar-refractivity contribution in [2.24, 2.45) is 0 Å². The molecule has 1 aromatic heterocycles. The van der Waals surface area contributed by atoms with Crippen LogP contribution in [0.2, 0.25) is 0 Å². The lowest BCUT2D eigenvalue weighted by Crippen LogP contribution is -2.44. The maximum Gasteiger partial charge on any atom is 0.252 e. The predicted octanol–water partition coefficient (Wildman–Crippen LogP) is -0.293. The van der Waals surface area contributed by atoms with Gasteiger partial charge in [-0.2, -0.15) is 0 Å². The number of carbonyl (C=O) groups excluding carboxylic acids is 1. The smallest absolute Gasteiger partial charge is 0.252 e. The number of ether oxygens (including phenoxy) is 1. The second kappa shape index (κ2) is 7.49. The van der Waals surface area contributed by atoms with Gasteiger partial charge in [-0.1, -0.05) is 11.3 Å². The number of hydrogen-bond acceptors (Lipinski definition) is 7. The monoisotopic (exact) mass is 285 g/mol. The van der Waals surface area contributed by atoms with Crippen LogP contribution in [0.5, 0.6) is 0 Å². The van der Waals surface area contributed by atoms with E-state index in [2.05, 4.69) is 25.7 Å². The van der Waals surface area contributed by atoms with Gasteiger partial charge in [-0.25, -0.2) is 0 Å². The van der Waals surface area contributed by atoms with Crippen LogP contribution in [-0.4, -0.2) is 66.9 Å². The molecule has 0 radical (unpaired) electrons. The van der Waals surface area contributed by atoms with Gasteiger partial charge in [0.15, 0.2) is 0 Å². The standard InChI is InChI=1S/C11H19N5O2S/c1-9-14-15-11(19-9)13-10(17)8-18-7-6-16-4-2-12-3-5-16/h12H,2-8H2,1H3,(H,13,15,17). The molecular formula is C11H19N5O2S. The van der Waals surface area contributed by atoms with E-state index in [-0.39, 0.29) is 12.5 Å². The first-order valence-electron chi connectivity index (χ1n) is 6.35. The highest BCUT2D eigenvalue weighted by atomic mass is 32.1. The number of rotatable bonds is 6. The molecule has 2 N–H and O–H groups in total. The molecule has 7 nitrogen and oxygen atoms in total. The van der Waals surface area contributed by atoms with Crippen LogP contribution >= 0.6 is 11.3 Å². The van der Waals surface area contributed by atoms with Gasteiger partial charge in [-0.05, 0) is 6.92 Å². The van der Waals surface area contributed by atoms with Crippen molar-refractivity contribution in [3.05, 3.63) is 5.01 Å². The third-order valence-electron chi connectivity index (χ3n) is 2.77. The Morgan fingerprint density at radius 1 is 1.47 bits per heavy atom. The first-order chi connectivity index (χ1) is 9.24. The summed E-state index contributed by atoms with van der Waals surface area (Å²) in [6.45, 7) is 7.48. The van der Waals surface area contributed by atoms with Crippen molar-refractivity contribution in [2.75, 3.05) is 51.3 Å². The van der Waals surface area contributed by atoms with Crippen LogP contribution in [0.1, 0.15) is 5.01 Å². The Morgan fingerprint density at radius 2 is 2.26 bits per heavy atom. The molecule has 0 aliphatic carbocycles. The number of carbonyl (C=O) groups is 1. The molecule has 0 aromatic carbocycles. The quantitative estimate of drug-likeness (QED) is 0.699. The Morgan fingerprint density at radius 3 is 2.95 bits per heavy atom. The van der Waals surface area contributed by atoms with Gasteiger partial charge in [-0.15, -0.1) is 10.2 Å². The van der Waals surface area contributed by atoms with Gasteiger partial charge in [-0.3, -0.25) is 15.0 Å². The number of nitrogens with one attached hydrogen (secondary N) is 2. The highest BCUT2D eigenvalue weighted by molar-refractivity contribution is 7.15. The number of hydrogen-bond donors (Lipinski definition) is 2. The Bertz CT molecular complexity index is 406. The van der Waals surface area contributed by atoms with E-state index in [0.717, 1.165) is 37.7 Å². The maximum atomic E-state index is 11.6. The van der Waals surface area contributed by atoms with Gasteiger partial charge >= 0.3 is 0 Å². The number of piperazine rings is 1. The van der Waals surface area contributed by atoms with Gasteiger partial charge in [0.1, 0.15) is 11.6 Å². The molecule has 0 bridgehead atoms. The van der Waals surface area contributed by atoms with Crippen molar-refractivity contribution in [3.63, 3.8) is 0 Å². The molecule has 1 aliphatic heterocycles. The summed E-state index contributed by atoms with van der Waals surface area (Å²) in [5, 5.41) is 15.0. The van der Waals surface area contributed by atoms with Crippen molar-refractivity contribution < 1.29 is 9.53 Å². The second-order valence-corrected chi connectivity index (χ2v) is 5.50. The van der Waals surface area contributed by atoms with E-state index in [1.165, 1.54) is 11.3 Å². The Balaban J connectivity index is 1.56. The third-order valence-corrected chi connectivity index (χ3v) is 3.52. The summed E-state index contributed by atoms with van der Waals surface area (Å²) in [6, 6.07) is 0. The molecule has 1 saturated heterocycles. The van der Waals surface area contributed by atoms with Crippen molar-refractivity contribution in [1.29, 1.82) is 0 Å². The highest BCUT2D eigenvalue weighted by Gasteiger charge is 2.10. The Labute approximate surface area is 116 Å². The summed E-state index contributed by atoms with van der Waals surface area (Å²) in [5.74, 6) is -0.184. The zero-order valence-corrected chi connectivity index (χ0v) is 11.8. The molecule has 0 saturated carbocycles. The van der Waals surface area contributed by atoms with Gasteiger partial charge in [0.25, 0.3) is 5.91 Å². The first-order valence-corrected chi connectivity index (χ1v) is 7.16. The summed E-state index contributed by atoms with van der Waals surface area (Å²) >= 11 is 1.35. The van der Waals surface area contributed by atoms with Crippen molar-refractivity contribution in [2.45, 2.75) is 6.92 Å². The molecule has 1 amide bonds. The number of aromatic nitrogens is 2.